The van der Waals surface area contributed by atoms with Crippen molar-refractivity contribution in [3.63, 3.8) is 0 Å². The summed E-state index contributed by atoms with van der Waals surface area (Å²) in [4.78, 5) is 24.4. The van der Waals surface area contributed by atoms with Crippen LogP contribution < -0.4 is 10.6 Å². The number of hydrogen-bond donors (Lipinski definition) is 2. The first-order valence-corrected chi connectivity index (χ1v) is 8.50. The molecule has 0 atom stereocenters. The van der Waals surface area contributed by atoms with Crippen LogP contribution in [-0.4, -0.2) is 17.4 Å². The van der Waals surface area contributed by atoms with Crippen molar-refractivity contribution in [2.75, 3.05) is 5.32 Å². The molecule has 1 aromatic carbocycles. The molecule has 128 valence electrons. The van der Waals surface area contributed by atoms with Crippen LogP contribution in [0.15, 0.2) is 24.3 Å². The molecular weight excluding hydrogens is 288 g/mol. The number of rotatable bonds is 7. The SMILES string of the molecule is CCCC(CCC)C(=O)Nc1ccc(C(=O)NC(C)(C)C)cc1. The fourth-order valence-electron chi connectivity index (χ4n) is 2.47. The van der Waals surface area contributed by atoms with Gasteiger partial charge in [-0.15, -0.1) is 0 Å². The summed E-state index contributed by atoms with van der Waals surface area (Å²) < 4.78 is 0. The number of amides is 2. The Kier molecular flexibility index (Phi) is 7.27. The minimum absolute atomic E-state index is 0.0638. The van der Waals surface area contributed by atoms with E-state index in [0.29, 0.717) is 5.56 Å². The van der Waals surface area contributed by atoms with Gasteiger partial charge in [0, 0.05) is 22.7 Å². The van der Waals surface area contributed by atoms with Gasteiger partial charge in [-0.1, -0.05) is 26.7 Å². The molecule has 0 fully saturated rings. The monoisotopic (exact) mass is 318 g/mol. The Bertz CT molecular complexity index is 509. The van der Waals surface area contributed by atoms with E-state index in [0.717, 1.165) is 31.4 Å². The molecule has 2 N–H and O–H groups in total. The summed E-state index contributed by atoms with van der Waals surface area (Å²) in [5.74, 6) is 0.0275. The highest BCUT2D eigenvalue weighted by Gasteiger charge is 2.17. The first-order valence-electron chi connectivity index (χ1n) is 8.50. The zero-order valence-corrected chi connectivity index (χ0v) is 15.0. The molecule has 0 saturated carbocycles. The molecule has 0 bridgehead atoms. The maximum absolute atomic E-state index is 12.3. The maximum Gasteiger partial charge on any atom is 0.251 e. The Morgan fingerprint density at radius 3 is 1.96 bits per heavy atom. The predicted molar refractivity (Wildman–Crippen MR) is 95.6 cm³/mol. The molecule has 0 aliphatic rings. The largest absolute Gasteiger partial charge is 0.347 e. The summed E-state index contributed by atoms with van der Waals surface area (Å²) in [6.07, 6.45) is 3.82. The molecule has 0 aliphatic carbocycles. The zero-order chi connectivity index (χ0) is 17.5. The second-order valence-corrected chi connectivity index (χ2v) is 7.04. The lowest BCUT2D eigenvalue weighted by Gasteiger charge is -2.20. The van der Waals surface area contributed by atoms with E-state index in [2.05, 4.69) is 24.5 Å². The fourth-order valence-corrected chi connectivity index (χ4v) is 2.47. The van der Waals surface area contributed by atoms with E-state index in [4.69, 9.17) is 0 Å². The number of carbonyl (C=O) groups excluding carboxylic acids is 2. The molecule has 0 aliphatic heterocycles. The molecule has 1 rings (SSSR count). The fraction of sp³-hybridized carbons (Fsp3) is 0.579. The van der Waals surface area contributed by atoms with Crippen LogP contribution >= 0.6 is 0 Å². The highest BCUT2D eigenvalue weighted by atomic mass is 16.2. The molecule has 0 aromatic heterocycles. The molecule has 0 radical (unpaired) electrons. The number of anilines is 1. The second-order valence-electron chi connectivity index (χ2n) is 7.04. The van der Waals surface area contributed by atoms with Crippen LogP contribution in [0.4, 0.5) is 5.69 Å². The van der Waals surface area contributed by atoms with Gasteiger partial charge >= 0.3 is 0 Å². The zero-order valence-electron chi connectivity index (χ0n) is 15.0. The van der Waals surface area contributed by atoms with E-state index in [9.17, 15) is 9.59 Å². The predicted octanol–water partition coefficient (Wildman–Crippen LogP) is 4.37. The van der Waals surface area contributed by atoms with Crippen molar-refractivity contribution in [3.05, 3.63) is 29.8 Å². The Hall–Kier alpha value is -1.84. The third-order valence-electron chi connectivity index (χ3n) is 3.55. The van der Waals surface area contributed by atoms with Crippen molar-refractivity contribution in [1.29, 1.82) is 0 Å². The Balaban J connectivity index is 2.69. The van der Waals surface area contributed by atoms with Crippen molar-refractivity contribution in [1.82, 2.24) is 5.32 Å². The first-order chi connectivity index (χ1) is 10.8. The van der Waals surface area contributed by atoms with Crippen molar-refractivity contribution in [2.24, 2.45) is 5.92 Å². The van der Waals surface area contributed by atoms with Crippen molar-refractivity contribution >= 4 is 17.5 Å². The molecule has 2 amide bonds. The lowest BCUT2D eigenvalue weighted by molar-refractivity contribution is -0.120. The highest BCUT2D eigenvalue weighted by molar-refractivity contribution is 5.96. The van der Waals surface area contributed by atoms with E-state index in [1.54, 1.807) is 24.3 Å². The number of hydrogen-bond acceptors (Lipinski definition) is 2. The smallest absolute Gasteiger partial charge is 0.251 e. The van der Waals surface area contributed by atoms with E-state index in [1.807, 2.05) is 20.8 Å². The molecule has 23 heavy (non-hydrogen) atoms. The van der Waals surface area contributed by atoms with Crippen LogP contribution in [0.1, 0.15) is 70.7 Å². The summed E-state index contributed by atoms with van der Waals surface area (Å²) in [6.45, 7) is 10.0. The third-order valence-corrected chi connectivity index (χ3v) is 3.55. The summed E-state index contributed by atoms with van der Waals surface area (Å²) in [7, 11) is 0. The Labute approximate surface area is 140 Å². The van der Waals surface area contributed by atoms with E-state index >= 15 is 0 Å². The van der Waals surface area contributed by atoms with Crippen LogP contribution in [0.2, 0.25) is 0 Å². The van der Waals surface area contributed by atoms with Crippen molar-refractivity contribution in [2.45, 2.75) is 65.8 Å². The molecular formula is C19H30N2O2. The molecule has 4 heteroatoms. The van der Waals surface area contributed by atoms with E-state index in [-0.39, 0.29) is 23.3 Å². The average molecular weight is 318 g/mol. The quantitative estimate of drug-likeness (QED) is 0.784. The van der Waals surface area contributed by atoms with Crippen LogP contribution in [0.5, 0.6) is 0 Å². The number of nitrogens with one attached hydrogen (secondary N) is 2. The summed E-state index contributed by atoms with van der Waals surface area (Å²) in [5.41, 5.74) is 1.06. The summed E-state index contributed by atoms with van der Waals surface area (Å²) in [5, 5.41) is 5.88. The molecule has 0 heterocycles. The topological polar surface area (TPSA) is 58.2 Å². The molecule has 4 nitrogen and oxygen atoms in total. The number of benzene rings is 1. The van der Waals surface area contributed by atoms with Crippen molar-refractivity contribution < 1.29 is 9.59 Å². The average Bonchev–Trinajstić information content (AvgIpc) is 2.46. The van der Waals surface area contributed by atoms with Crippen LogP contribution in [0.3, 0.4) is 0 Å². The minimum atomic E-state index is -0.266. The highest BCUT2D eigenvalue weighted by Crippen LogP contribution is 2.17. The second kappa shape index (κ2) is 8.70. The first kappa shape index (κ1) is 19.2. The van der Waals surface area contributed by atoms with Gasteiger partial charge in [-0.05, 0) is 57.9 Å². The van der Waals surface area contributed by atoms with E-state index in [1.165, 1.54) is 0 Å². The normalized spacial score (nSPS) is 11.4. The summed E-state index contributed by atoms with van der Waals surface area (Å²) in [6, 6.07) is 7.05. The molecule has 0 saturated heterocycles. The van der Waals surface area contributed by atoms with Gasteiger partial charge in [-0.25, -0.2) is 0 Å². The lowest BCUT2D eigenvalue weighted by Crippen LogP contribution is -2.40. The van der Waals surface area contributed by atoms with Gasteiger partial charge in [0.05, 0.1) is 0 Å². The third kappa shape index (κ3) is 6.85. The van der Waals surface area contributed by atoms with Gasteiger partial charge < -0.3 is 10.6 Å². The van der Waals surface area contributed by atoms with Gasteiger partial charge in [0.1, 0.15) is 0 Å². The van der Waals surface area contributed by atoms with Crippen molar-refractivity contribution in [3.8, 4) is 0 Å². The standard InChI is InChI=1S/C19H30N2O2/c1-6-8-14(9-7-2)17(22)20-16-12-10-15(11-13-16)18(23)21-19(3,4)5/h10-14H,6-9H2,1-5H3,(H,20,22)(H,21,23). The molecule has 1 aromatic rings. The van der Waals surface area contributed by atoms with Gasteiger partial charge in [-0.3, -0.25) is 9.59 Å². The maximum atomic E-state index is 12.3. The van der Waals surface area contributed by atoms with E-state index < -0.39 is 0 Å². The van der Waals surface area contributed by atoms with Crippen LogP contribution in [0.25, 0.3) is 0 Å². The van der Waals surface area contributed by atoms with Crippen LogP contribution in [0, 0.1) is 5.92 Å². The molecule has 0 unspecified atom stereocenters. The number of carbonyl (C=O) groups is 2. The Morgan fingerprint density at radius 2 is 1.52 bits per heavy atom. The van der Waals surface area contributed by atoms with Gasteiger partial charge in [0.2, 0.25) is 5.91 Å². The van der Waals surface area contributed by atoms with Gasteiger partial charge in [-0.2, -0.15) is 0 Å². The molecule has 0 spiro atoms. The van der Waals surface area contributed by atoms with Gasteiger partial charge in [0.15, 0.2) is 0 Å². The summed E-state index contributed by atoms with van der Waals surface area (Å²) >= 11 is 0. The van der Waals surface area contributed by atoms with Gasteiger partial charge in [0.25, 0.3) is 5.91 Å². The minimum Gasteiger partial charge on any atom is -0.347 e. The lowest BCUT2D eigenvalue weighted by atomic mass is 9.97. The van der Waals surface area contributed by atoms with Crippen LogP contribution in [-0.2, 0) is 4.79 Å². The Morgan fingerprint density at radius 1 is 1.00 bits per heavy atom.